The van der Waals surface area contributed by atoms with E-state index in [0.29, 0.717) is 0 Å². The summed E-state index contributed by atoms with van der Waals surface area (Å²) in [4.78, 5) is 0. The SMILES string of the molecule is CCCCCCNCCC[Si](C)(C)O[Si](C)(C)O[Si](C)(C)CCCNCCCCCC. The molecular weight excluding hydrogens is 433 g/mol. The van der Waals surface area contributed by atoms with Crippen LogP contribution in [-0.2, 0) is 8.23 Å². The molecule has 188 valence electrons. The Bertz CT molecular complexity index is 386. The van der Waals surface area contributed by atoms with Gasteiger partial charge in [0, 0.05) is 0 Å². The summed E-state index contributed by atoms with van der Waals surface area (Å²) in [6.45, 7) is 23.2. The molecule has 0 amide bonds. The normalized spacial score (nSPS) is 13.2. The Balaban J connectivity index is 4.05. The molecule has 0 aromatic rings. The maximum atomic E-state index is 6.75. The minimum Gasteiger partial charge on any atom is -0.437 e. The lowest BCUT2D eigenvalue weighted by Gasteiger charge is -2.39. The van der Waals surface area contributed by atoms with Gasteiger partial charge in [-0.1, -0.05) is 52.4 Å². The molecule has 0 rings (SSSR count). The molecule has 0 aliphatic heterocycles. The summed E-state index contributed by atoms with van der Waals surface area (Å²) in [5, 5.41) is 7.23. The van der Waals surface area contributed by atoms with Gasteiger partial charge in [-0.25, -0.2) is 0 Å². The largest absolute Gasteiger partial charge is 0.437 e. The molecule has 0 bridgehead atoms. The fraction of sp³-hybridized carbons (Fsp3) is 1.00. The molecule has 0 saturated heterocycles. The molecule has 0 atom stereocenters. The Hall–Kier alpha value is 0.491. The number of unbranched alkanes of at least 4 members (excludes halogenated alkanes) is 6. The highest BCUT2D eigenvalue weighted by Crippen LogP contribution is 2.25. The maximum absolute atomic E-state index is 6.75. The molecule has 0 aromatic carbocycles. The average molecular weight is 491 g/mol. The summed E-state index contributed by atoms with van der Waals surface area (Å²) in [7, 11) is -5.42. The van der Waals surface area contributed by atoms with E-state index in [1.807, 2.05) is 0 Å². The summed E-state index contributed by atoms with van der Waals surface area (Å²) >= 11 is 0. The van der Waals surface area contributed by atoms with E-state index in [0.717, 1.165) is 13.1 Å². The topological polar surface area (TPSA) is 42.5 Å². The zero-order chi connectivity index (χ0) is 23.6. The van der Waals surface area contributed by atoms with Crippen LogP contribution in [0.3, 0.4) is 0 Å². The fourth-order valence-corrected chi connectivity index (χ4v) is 18.4. The van der Waals surface area contributed by atoms with Gasteiger partial charge in [-0.3, -0.25) is 0 Å². The fourth-order valence-electron chi connectivity index (χ4n) is 4.34. The minimum atomic E-state index is -2.07. The Morgan fingerprint density at radius 1 is 0.484 bits per heavy atom. The van der Waals surface area contributed by atoms with E-state index in [1.165, 1.54) is 89.4 Å². The third kappa shape index (κ3) is 20.8. The van der Waals surface area contributed by atoms with Crippen molar-refractivity contribution in [3.63, 3.8) is 0 Å². The van der Waals surface area contributed by atoms with Gasteiger partial charge >= 0.3 is 8.56 Å². The van der Waals surface area contributed by atoms with E-state index >= 15 is 0 Å². The Labute approximate surface area is 199 Å². The van der Waals surface area contributed by atoms with E-state index < -0.39 is 25.2 Å². The van der Waals surface area contributed by atoms with Crippen molar-refractivity contribution in [1.82, 2.24) is 10.6 Å². The molecule has 0 spiro atoms. The second-order valence-electron chi connectivity index (χ2n) is 11.0. The van der Waals surface area contributed by atoms with E-state index in [9.17, 15) is 0 Å². The van der Waals surface area contributed by atoms with Crippen LogP contribution < -0.4 is 10.6 Å². The van der Waals surface area contributed by atoms with E-state index in [1.54, 1.807) is 0 Å². The summed E-state index contributed by atoms with van der Waals surface area (Å²) in [6.07, 6.45) is 13.2. The second kappa shape index (κ2) is 17.9. The van der Waals surface area contributed by atoms with Crippen molar-refractivity contribution in [2.75, 3.05) is 26.2 Å². The van der Waals surface area contributed by atoms with Crippen molar-refractivity contribution in [1.29, 1.82) is 0 Å². The lowest BCUT2D eigenvalue weighted by Crippen LogP contribution is -2.52. The molecule has 0 saturated carbocycles. The molecule has 0 radical (unpaired) electrons. The highest BCUT2D eigenvalue weighted by Gasteiger charge is 2.39. The molecular formula is C24H58N2O2Si3. The first-order valence-corrected chi connectivity index (χ1v) is 22.4. The number of nitrogens with one attached hydrogen (secondary N) is 2. The van der Waals surface area contributed by atoms with Gasteiger partial charge < -0.3 is 18.9 Å². The quantitative estimate of drug-likeness (QED) is 0.124. The molecule has 4 nitrogen and oxygen atoms in total. The highest BCUT2D eigenvalue weighted by molar-refractivity contribution is 6.87. The van der Waals surface area contributed by atoms with Gasteiger partial charge in [0.1, 0.15) is 0 Å². The van der Waals surface area contributed by atoms with Gasteiger partial charge in [0.05, 0.1) is 0 Å². The zero-order valence-electron chi connectivity index (χ0n) is 22.6. The van der Waals surface area contributed by atoms with Crippen LogP contribution in [0.15, 0.2) is 0 Å². The molecule has 2 N–H and O–H groups in total. The first-order chi connectivity index (χ1) is 14.5. The smallest absolute Gasteiger partial charge is 0.311 e. The number of rotatable bonds is 22. The summed E-state index contributed by atoms with van der Waals surface area (Å²) in [6, 6.07) is 2.44. The third-order valence-electron chi connectivity index (χ3n) is 5.72. The first-order valence-electron chi connectivity index (χ1n) is 13.4. The Kier molecular flexibility index (Phi) is 18.2. The van der Waals surface area contributed by atoms with Crippen molar-refractivity contribution in [3.05, 3.63) is 0 Å². The van der Waals surface area contributed by atoms with Crippen LogP contribution in [0.4, 0.5) is 0 Å². The molecule has 0 aliphatic rings. The van der Waals surface area contributed by atoms with Gasteiger partial charge in [0.25, 0.3) is 0 Å². The van der Waals surface area contributed by atoms with Gasteiger partial charge in [0.2, 0.25) is 0 Å². The van der Waals surface area contributed by atoms with Crippen LogP contribution in [0.5, 0.6) is 0 Å². The maximum Gasteiger partial charge on any atom is 0.311 e. The van der Waals surface area contributed by atoms with Gasteiger partial charge in [-0.2, -0.15) is 0 Å². The zero-order valence-corrected chi connectivity index (χ0v) is 25.6. The second-order valence-corrected chi connectivity index (χ2v) is 23.4. The van der Waals surface area contributed by atoms with Crippen LogP contribution in [0.1, 0.15) is 78.1 Å². The summed E-state index contributed by atoms with van der Waals surface area (Å²) < 4.78 is 13.5. The van der Waals surface area contributed by atoms with Gasteiger partial charge in [-0.15, -0.1) is 0 Å². The van der Waals surface area contributed by atoms with Crippen molar-refractivity contribution >= 4 is 25.2 Å². The standard InChI is InChI=1S/C24H58N2O2Si3/c1-9-11-13-15-19-25-21-17-23-29(3,4)27-31(7,8)28-30(5,6)24-18-22-26-20-16-14-12-10-2/h25-26H,9-24H2,1-8H3. The minimum absolute atomic E-state index is 1.13. The Morgan fingerprint density at radius 3 is 1.19 bits per heavy atom. The monoisotopic (exact) mass is 490 g/mol. The van der Waals surface area contributed by atoms with Crippen LogP contribution in [-0.4, -0.2) is 51.4 Å². The van der Waals surface area contributed by atoms with E-state index in [4.69, 9.17) is 8.23 Å². The summed E-state index contributed by atoms with van der Waals surface area (Å²) in [5.41, 5.74) is 0. The van der Waals surface area contributed by atoms with Crippen LogP contribution >= 0.6 is 0 Å². The van der Waals surface area contributed by atoms with E-state index in [2.05, 4.69) is 63.8 Å². The average Bonchev–Trinajstić information content (AvgIpc) is 2.64. The van der Waals surface area contributed by atoms with Crippen molar-refractivity contribution in [2.24, 2.45) is 0 Å². The first kappa shape index (κ1) is 31.5. The van der Waals surface area contributed by atoms with Crippen LogP contribution in [0.2, 0.25) is 51.4 Å². The molecule has 0 fully saturated rings. The summed E-state index contributed by atoms with van der Waals surface area (Å²) in [5.74, 6) is 0. The molecule has 7 heteroatoms. The molecule has 0 aromatic heterocycles. The molecule has 0 unspecified atom stereocenters. The van der Waals surface area contributed by atoms with Crippen molar-refractivity contribution < 1.29 is 8.23 Å². The number of hydrogen-bond donors (Lipinski definition) is 2. The van der Waals surface area contributed by atoms with Gasteiger partial charge in [-0.05, 0) is 103 Å². The highest BCUT2D eigenvalue weighted by atomic mass is 28.5. The predicted octanol–water partition coefficient (Wildman–Crippen LogP) is 7.25. The van der Waals surface area contributed by atoms with Crippen LogP contribution in [0, 0.1) is 0 Å². The Morgan fingerprint density at radius 2 is 0.839 bits per heavy atom. The number of hydrogen-bond acceptors (Lipinski definition) is 4. The van der Waals surface area contributed by atoms with Crippen molar-refractivity contribution in [3.8, 4) is 0 Å². The van der Waals surface area contributed by atoms with Crippen molar-refractivity contribution in [2.45, 2.75) is 129 Å². The third-order valence-corrected chi connectivity index (χ3v) is 17.2. The van der Waals surface area contributed by atoms with E-state index in [-0.39, 0.29) is 0 Å². The molecule has 0 aliphatic carbocycles. The van der Waals surface area contributed by atoms with Crippen LogP contribution in [0.25, 0.3) is 0 Å². The molecule has 0 heterocycles. The molecule has 31 heavy (non-hydrogen) atoms. The lowest BCUT2D eigenvalue weighted by molar-refractivity contribution is 0.386. The van der Waals surface area contributed by atoms with Gasteiger partial charge in [0.15, 0.2) is 16.6 Å². The lowest BCUT2D eigenvalue weighted by atomic mass is 10.2. The predicted molar refractivity (Wildman–Crippen MR) is 147 cm³/mol.